The molecule has 4 aromatic carbocycles. The summed E-state index contributed by atoms with van der Waals surface area (Å²) in [7, 11) is 1.47. The zero-order valence-corrected chi connectivity index (χ0v) is 20.9. The van der Waals surface area contributed by atoms with Crippen molar-refractivity contribution < 1.29 is 18.7 Å². The minimum absolute atomic E-state index is 0.0459. The van der Waals surface area contributed by atoms with Gasteiger partial charge in [0.05, 0.1) is 29.9 Å². The second kappa shape index (κ2) is 11.4. The molecule has 0 saturated carbocycles. The van der Waals surface area contributed by atoms with E-state index in [1.807, 2.05) is 36.4 Å². The van der Waals surface area contributed by atoms with Crippen LogP contribution in [0, 0.1) is 5.82 Å². The highest BCUT2D eigenvalue weighted by Crippen LogP contribution is 2.30. The molecule has 0 fully saturated rings. The molecular formula is C30H23FN4O4. The van der Waals surface area contributed by atoms with Crippen LogP contribution >= 0.6 is 0 Å². The Morgan fingerprint density at radius 3 is 2.51 bits per heavy atom. The molecule has 0 aliphatic heterocycles. The minimum Gasteiger partial charge on any atom is -0.493 e. The van der Waals surface area contributed by atoms with Crippen LogP contribution in [0.15, 0.2) is 107 Å². The van der Waals surface area contributed by atoms with Gasteiger partial charge in [0, 0.05) is 11.1 Å². The first-order chi connectivity index (χ1) is 19.0. The van der Waals surface area contributed by atoms with E-state index in [1.165, 1.54) is 36.2 Å². The van der Waals surface area contributed by atoms with Gasteiger partial charge in [0.2, 0.25) is 0 Å². The lowest BCUT2D eigenvalue weighted by Crippen LogP contribution is -2.21. The van der Waals surface area contributed by atoms with Gasteiger partial charge in [-0.2, -0.15) is 9.78 Å². The normalized spacial score (nSPS) is 11.0. The molecule has 0 unspecified atom stereocenters. The fourth-order valence-corrected chi connectivity index (χ4v) is 3.96. The third kappa shape index (κ3) is 5.52. The lowest BCUT2D eigenvalue weighted by atomic mass is 10.2. The second-order valence-electron chi connectivity index (χ2n) is 8.38. The number of hydrogen-bond acceptors (Lipinski definition) is 6. The van der Waals surface area contributed by atoms with Crippen LogP contribution in [-0.2, 0) is 4.79 Å². The molecule has 5 rings (SSSR count). The van der Waals surface area contributed by atoms with E-state index in [0.717, 1.165) is 0 Å². The second-order valence-corrected chi connectivity index (χ2v) is 8.38. The Labute approximate surface area is 223 Å². The number of nitrogens with one attached hydrogen (secondary N) is 1. The van der Waals surface area contributed by atoms with Crippen LogP contribution in [0.1, 0.15) is 5.56 Å². The molecule has 1 heterocycles. The van der Waals surface area contributed by atoms with Gasteiger partial charge in [0.25, 0.3) is 11.5 Å². The van der Waals surface area contributed by atoms with E-state index in [2.05, 4.69) is 10.4 Å². The Kier molecular flexibility index (Phi) is 7.40. The number of methoxy groups -OCH3 is 1. The van der Waals surface area contributed by atoms with Crippen LogP contribution < -0.4 is 20.3 Å². The fourth-order valence-electron chi connectivity index (χ4n) is 3.96. The van der Waals surface area contributed by atoms with Crippen molar-refractivity contribution >= 4 is 28.7 Å². The molecule has 1 aromatic heterocycles. The minimum atomic E-state index is -0.560. The van der Waals surface area contributed by atoms with Gasteiger partial charge >= 0.3 is 0 Å². The predicted molar refractivity (Wildman–Crippen MR) is 148 cm³/mol. The Balaban J connectivity index is 1.49. The van der Waals surface area contributed by atoms with Crippen molar-refractivity contribution in [1.29, 1.82) is 0 Å². The van der Waals surface area contributed by atoms with Crippen molar-refractivity contribution in [2.45, 2.75) is 0 Å². The molecule has 0 saturated heterocycles. The molecule has 0 atom stereocenters. The predicted octanol–water partition coefficient (Wildman–Crippen LogP) is 5.11. The summed E-state index contributed by atoms with van der Waals surface area (Å²) in [6.45, 7) is -0.414. The van der Waals surface area contributed by atoms with Crippen molar-refractivity contribution in [1.82, 2.24) is 9.66 Å². The van der Waals surface area contributed by atoms with Crippen LogP contribution in [0.3, 0.4) is 0 Å². The van der Waals surface area contributed by atoms with Crippen molar-refractivity contribution in [3.63, 3.8) is 0 Å². The zero-order chi connectivity index (χ0) is 27.2. The lowest BCUT2D eigenvalue weighted by molar-refractivity contribution is -0.118. The van der Waals surface area contributed by atoms with Crippen LogP contribution in [0.5, 0.6) is 11.5 Å². The Hall–Kier alpha value is -5.31. The summed E-state index contributed by atoms with van der Waals surface area (Å²) < 4.78 is 26.4. The van der Waals surface area contributed by atoms with Crippen molar-refractivity contribution in [3.05, 3.63) is 119 Å². The molecule has 194 valence electrons. The molecule has 0 aliphatic carbocycles. The molecule has 0 radical (unpaired) electrons. The number of carbonyl (C=O) groups excluding carboxylic acids is 1. The van der Waals surface area contributed by atoms with Crippen molar-refractivity contribution in [3.8, 4) is 22.9 Å². The first-order valence-corrected chi connectivity index (χ1v) is 12.0. The SMILES string of the molecule is COc1cccc(C=Nn2c(-c3ccccc3)nc3ccccc3c2=O)c1OCC(=O)Nc1ccccc1F. The first-order valence-electron chi connectivity index (χ1n) is 12.0. The van der Waals surface area contributed by atoms with E-state index < -0.39 is 18.3 Å². The van der Waals surface area contributed by atoms with E-state index in [9.17, 15) is 14.0 Å². The number of para-hydroxylation sites is 3. The quantitative estimate of drug-likeness (QED) is 0.286. The number of nitrogens with zero attached hydrogens (tertiary/aromatic N) is 3. The van der Waals surface area contributed by atoms with E-state index in [4.69, 9.17) is 14.5 Å². The average molecular weight is 523 g/mol. The van der Waals surface area contributed by atoms with Gasteiger partial charge in [-0.15, -0.1) is 0 Å². The van der Waals surface area contributed by atoms with E-state index in [0.29, 0.717) is 33.6 Å². The molecule has 0 aliphatic rings. The van der Waals surface area contributed by atoms with Crippen molar-refractivity contribution in [2.24, 2.45) is 5.10 Å². The molecule has 39 heavy (non-hydrogen) atoms. The molecule has 5 aromatic rings. The molecule has 0 bridgehead atoms. The summed E-state index contributed by atoms with van der Waals surface area (Å²) in [4.78, 5) is 30.6. The Morgan fingerprint density at radius 1 is 0.974 bits per heavy atom. The molecule has 0 spiro atoms. The van der Waals surface area contributed by atoms with Gasteiger partial charge in [0.15, 0.2) is 23.9 Å². The van der Waals surface area contributed by atoms with Crippen LogP contribution in [0.4, 0.5) is 10.1 Å². The highest BCUT2D eigenvalue weighted by Gasteiger charge is 2.15. The molecule has 1 amide bonds. The van der Waals surface area contributed by atoms with Gasteiger partial charge in [-0.3, -0.25) is 9.59 Å². The number of aromatic nitrogens is 2. The highest BCUT2D eigenvalue weighted by molar-refractivity contribution is 5.92. The van der Waals surface area contributed by atoms with Crippen LogP contribution in [-0.4, -0.2) is 35.5 Å². The van der Waals surface area contributed by atoms with Gasteiger partial charge in [-0.05, 0) is 36.4 Å². The summed E-state index contributed by atoms with van der Waals surface area (Å²) in [5.74, 6) is -0.166. The number of benzene rings is 4. The topological polar surface area (TPSA) is 94.8 Å². The monoisotopic (exact) mass is 522 g/mol. The van der Waals surface area contributed by atoms with Crippen LogP contribution in [0.2, 0.25) is 0 Å². The number of halogens is 1. The number of rotatable bonds is 8. The summed E-state index contributed by atoms with van der Waals surface area (Å²) >= 11 is 0. The smallest absolute Gasteiger partial charge is 0.282 e. The molecule has 1 N–H and O–H groups in total. The molecule has 9 heteroatoms. The standard InChI is InChI=1S/C30H23FN4O4/c1-38-26-17-9-12-21(28(26)39-19-27(36)33-25-16-8-6-14-23(25)31)18-32-35-29(20-10-3-2-4-11-20)34-24-15-7-5-13-22(24)30(35)37/h2-18H,19H2,1H3,(H,33,36). The van der Waals surface area contributed by atoms with Gasteiger partial charge in [-0.1, -0.05) is 60.7 Å². The Morgan fingerprint density at radius 2 is 1.72 bits per heavy atom. The summed E-state index contributed by atoms with van der Waals surface area (Å²) in [6.07, 6.45) is 1.44. The average Bonchev–Trinajstić information content (AvgIpc) is 2.97. The molecular weight excluding hydrogens is 499 g/mol. The number of fused-ring (bicyclic) bond motifs is 1. The number of hydrogen-bond donors (Lipinski definition) is 1. The van der Waals surface area contributed by atoms with Gasteiger partial charge < -0.3 is 14.8 Å². The van der Waals surface area contributed by atoms with Crippen molar-refractivity contribution in [2.75, 3.05) is 19.0 Å². The third-order valence-corrected chi connectivity index (χ3v) is 5.82. The maximum absolute atomic E-state index is 13.9. The van der Waals surface area contributed by atoms with Gasteiger partial charge in [-0.25, -0.2) is 9.37 Å². The maximum atomic E-state index is 13.9. The number of carbonyl (C=O) groups is 1. The third-order valence-electron chi connectivity index (χ3n) is 5.82. The van der Waals surface area contributed by atoms with Crippen LogP contribution in [0.25, 0.3) is 22.3 Å². The largest absolute Gasteiger partial charge is 0.493 e. The zero-order valence-electron chi connectivity index (χ0n) is 20.9. The molecule has 8 nitrogen and oxygen atoms in total. The van der Waals surface area contributed by atoms with Gasteiger partial charge in [0.1, 0.15) is 5.82 Å². The first kappa shape index (κ1) is 25.3. The summed E-state index contributed by atoms with van der Waals surface area (Å²) in [6, 6.07) is 27.3. The number of amides is 1. The summed E-state index contributed by atoms with van der Waals surface area (Å²) in [5.41, 5.74) is 1.42. The maximum Gasteiger partial charge on any atom is 0.282 e. The summed E-state index contributed by atoms with van der Waals surface area (Å²) in [5, 5.41) is 7.37. The van der Waals surface area contributed by atoms with E-state index >= 15 is 0 Å². The lowest BCUT2D eigenvalue weighted by Gasteiger charge is -2.14. The number of ether oxygens (including phenoxy) is 2. The Bertz CT molecular complexity index is 1740. The number of anilines is 1. The van der Waals surface area contributed by atoms with E-state index in [-0.39, 0.29) is 17.0 Å². The highest BCUT2D eigenvalue weighted by atomic mass is 19.1. The fraction of sp³-hybridized carbons (Fsp3) is 0.0667. The van der Waals surface area contributed by atoms with E-state index in [1.54, 1.807) is 42.5 Å².